The Balaban J connectivity index is 0.914. The van der Waals surface area contributed by atoms with E-state index in [-0.39, 0.29) is 5.92 Å². The van der Waals surface area contributed by atoms with E-state index in [0.717, 1.165) is 59.4 Å². The van der Waals surface area contributed by atoms with Crippen molar-refractivity contribution in [1.29, 1.82) is 0 Å². The molecule has 2 atom stereocenters. The zero-order valence-electron chi connectivity index (χ0n) is 36.9. The lowest BCUT2D eigenvalue weighted by molar-refractivity contribution is 0.738. The molecule has 0 bridgehead atoms. The molecule has 3 aliphatic rings. The van der Waals surface area contributed by atoms with Crippen LogP contribution in [0.1, 0.15) is 79.4 Å². The molecule has 1 heterocycles. The van der Waals surface area contributed by atoms with Crippen molar-refractivity contribution in [3.05, 3.63) is 246 Å². The number of fused-ring (bicyclic) bond motifs is 2. The predicted octanol–water partition coefficient (Wildman–Crippen LogP) is 14.2. The molecular weight excluding hydrogens is 806 g/mol. The lowest BCUT2D eigenvalue weighted by atomic mass is 9.77. The summed E-state index contributed by atoms with van der Waals surface area (Å²) in [4.78, 5) is 15.4. The van der Waals surface area contributed by atoms with Crippen LogP contribution in [0.2, 0.25) is 0 Å². The van der Waals surface area contributed by atoms with E-state index in [9.17, 15) is 0 Å². The fourth-order valence-electron chi connectivity index (χ4n) is 9.75. The third-order valence-corrected chi connectivity index (χ3v) is 15.7. The number of benzene rings is 7. The van der Waals surface area contributed by atoms with Crippen molar-refractivity contribution in [1.82, 2.24) is 15.0 Å². The van der Waals surface area contributed by atoms with Gasteiger partial charge in [-0.1, -0.05) is 213 Å². The quantitative estimate of drug-likeness (QED) is 0.136. The first-order valence-corrected chi connectivity index (χ1v) is 24.3. The van der Waals surface area contributed by atoms with Crippen molar-refractivity contribution >= 4 is 51.3 Å². The van der Waals surface area contributed by atoms with Crippen LogP contribution in [0, 0.1) is 5.92 Å². The smallest absolute Gasteiger partial charge is 0.164 e. The van der Waals surface area contributed by atoms with Crippen molar-refractivity contribution in [2.75, 3.05) is 0 Å². The maximum Gasteiger partial charge on any atom is 0.164 e. The average molecular weight is 856 g/mol. The minimum absolute atomic E-state index is 0.277. The first kappa shape index (κ1) is 40.7. The standard InChI is InChI=1S/C61H50N3P/c1-41-24-28-45(29-25-41)59-62-60(46-30-26-42(2)27-31-46)64-61(63-59)58-39-38-52(55-21-11-12-23-57(55)58)44-34-32-43(33-35-44)51-36-37-53(56-22-10-9-20-54(51)56)47-14-13-19-50(40-47)65(48-15-5-3-6-16-48)49-17-7-4-8-18-49/h3-24,26,28-30,32-36,38-41,53H,25,27,31,37H2,1-2H3. The third-order valence-electron chi connectivity index (χ3n) is 13.3. The van der Waals surface area contributed by atoms with E-state index in [4.69, 9.17) is 15.0 Å². The third kappa shape index (κ3) is 8.18. The molecule has 3 nitrogen and oxygen atoms in total. The van der Waals surface area contributed by atoms with Crippen LogP contribution in [0.15, 0.2) is 212 Å². The lowest BCUT2D eigenvalue weighted by Gasteiger charge is -2.28. The molecule has 8 aromatic rings. The normalized spacial score (nSPS) is 17.0. The molecule has 65 heavy (non-hydrogen) atoms. The van der Waals surface area contributed by atoms with Gasteiger partial charge in [-0.25, -0.2) is 15.0 Å². The van der Waals surface area contributed by atoms with Gasteiger partial charge in [0, 0.05) is 17.1 Å². The summed E-state index contributed by atoms with van der Waals surface area (Å²) in [5, 5.41) is 6.44. The van der Waals surface area contributed by atoms with Crippen molar-refractivity contribution in [2.24, 2.45) is 5.92 Å². The highest BCUT2D eigenvalue weighted by Gasteiger charge is 2.26. The Kier molecular flexibility index (Phi) is 11.2. The number of nitrogens with zero attached hydrogens (tertiary/aromatic N) is 3. The van der Waals surface area contributed by atoms with Gasteiger partial charge in [0.2, 0.25) is 0 Å². The Bertz CT molecular complexity index is 3190. The average Bonchev–Trinajstić information content (AvgIpc) is 3.37. The van der Waals surface area contributed by atoms with E-state index < -0.39 is 7.92 Å². The molecular formula is C61H50N3P. The van der Waals surface area contributed by atoms with Crippen molar-refractivity contribution < 1.29 is 0 Å². The fourth-order valence-corrected chi connectivity index (χ4v) is 12.1. The molecule has 0 radical (unpaired) electrons. The largest absolute Gasteiger partial charge is 0.209 e. The molecule has 1 aromatic heterocycles. The summed E-state index contributed by atoms with van der Waals surface area (Å²) < 4.78 is 0. The maximum atomic E-state index is 5.18. The summed E-state index contributed by atoms with van der Waals surface area (Å²) in [5.74, 6) is 3.01. The van der Waals surface area contributed by atoms with Crippen molar-refractivity contribution in [3.63, 3.8) is 0 Å². The highest BCUT2D eigenvalue weighted by Crippen LogP contribution is 2.43. The fraction of sp³-hybridized carbons (Fsp3) is 0.131. The Labute approximate surface area is 384 Å². The van der Waals surface area contributed by atoms with Gasteiger partial charge in [0.05, 0.1) is 0 Å². The predicted molar refractivity (Wildman–Crippen MR) is 275 cm³/mol. The molecule has 2 unspecified atom stereocenters. The van der Waals surface area contributed by atoms with Crippen LogP contribution in [-0.2, 0) is 0 Å². The summed E-state index contributed by atoms with van der Waals surface area (Å²) >= 11 is 0. The summed E-state index contributed by atoms with van der Waals surface area (Å²) in [6.07, 6.45) is 17.4. The Hall–Kier alpha value is -7.06. The van der Waals surface area contributed by atoms with E-state index >= 15 is 0 Å². The number of hydrogen-bond acceptors (Lipinski definition) is 3. The monoisotopic (exact) mass is 855 g/mol. The van der Waals surface area contributed by atoms with Crippen LogP contribution in [0.3, 0.4) is 0 Å². The highest BCUT2D eigenvalue weighted by molar-refractivity contribution is 7.79. The highest BCUT2D eigenvalue weighted by atomic mass is 31.1. The molecule has 0 saturated carbocycles. The maximum absolute atomic E-state index is 5.18. The molecule has 0 spiro atoms. The molecule has 11 rings (SSSR count). The Morgan fingerprint density at radius 3 is 1.88 bits per heavy atom. The summed E-state index contributed by atoms with van der Waals surface area (Å²) in [7, 11) is -0.686. The van der Waals surface area contributed by atoms with Gasteiger partial charge >= 0.3 is 0 Å². The lowest BCUT2D eigenvalue weighted by Crippen LogP contribution is -2.21. The van der Waals surface area contributed by atoms with Gasteiger partial charge in [-0.3, -0.25) is 0 Å². The van der Waals surface area contributed by atoms with E-state index in [0.29, 0.717) is 11.7 Å². The van der Waals surface area contributed by atoms with Gasteiger partial charge in [0.25, 0.3) is 0 Å². The summed E-state index contributed by atoms with van der Waals surface area (Å²) in [6, 6.07) is 62.8. The van der Waals surface area contributed by atoms with Gasteiger partial charge < -0.3 is 0 Å². The number of rotatable bonds is 9. The van der Waals surface area contributed by atoms with E-state index in [1.807, 2.05) is 0 Å². The molecule has 314 valence electrons. The van der Waals surface area contributed by atoms with Gasteiger partial charge in [-0.05, 0) is 124 Å². The second-order valence-corrected chi connectivity index (χ2v) is 19.8. The zero-order valence-corrected chi connectivity index (χ0v) is 37.8. The number of aromatic nitrogens is 3. The van der Waals surface area contributed by atoms with Crippen LogP contribution in [-0.4, -0.2) is 15.0 Å². The number of allylic oxidation sites excluding steroid dienone is 9. The molecule has 0 amide bonds. The molecule has 4 heteroatoms. The van der Waals surface area contributed by atoms with Crippen LogP contribution < -0.4 is 15.9 Å². The minimum Gasteiger partial charge on any atom is -0.209 e. The Morgan fingerprint density at radius 1 is 0.508 bits per heavy atom. The first-order chi connectivity index (χ1) is 32.0. The summed E-state index contributed by atoms with van der Waals surface area (Å²) in [6.45, 7) is 4.43. The molecule has 0 saturated heterocycles. The van der Waals surface area contributed by atoms with Crippen LogP contribution in [0.25, 0.3) is 50.0 Å². The van der Waals surface area contributed by atoms with Gasteiger partial charge in [0.15, 0.2) is 17.5 Å². The minimum atomic E-state index is -0.686. The van der Waals surface area contributed by atoms with Crippen molar-refractivity contribution in [2.45, 2.75) is 45.4 Å². The molecule has 3 aliphatic carbocycles. The van der Waals surface area contributed by atoms with Gasteiger partial charge in [-0.15, -0.1) is 0 Å². The second-order valence-electron chi connectivity index (χ2n) is 17.6. The molecule has 7 aromatic carbocycles. The van der Waals surface area contributed by atoms with Gasteiger partial charge in [-0.2, -0.15) is 0 Å². The first-order valence-electron chi connectivity index (χ1n) is 23.0. The van der Waals surface area contributed by atoms with Crippen LogP contribution in [0.4, 0.5) is 0 Å². The molecule has 0 aliphatic heterocycles. The Morgan fingerprint density at radius 2 is 1.15 bits per heavy atom. The van der Waals surface area contributed by atoms with Crippen molar-refractivity contribution in [3.8, 4) is 22.5 Å². The summed E-state index contributed by atoms with van der Waals surface area (Å²) in [5.41, 5.74) is 13.6. The molecule has 0 N–H and O–H groups in total. The zero-order chi connectivity index (χ0) is 43.7. The van der Waals surface area contributed by atoms with E-state index in [1.54, 1.807) is 0 Å². The second kappa shape index (κ2) is 17.8. The van der Waals surface area contributed by atoms with E-state index in [2.05, 4.69) is 220 Å². The number of hydrogen-bond donors (Lipinski definition) is 0. The SMILES string of the molecule is CC1=CC=C(c2nc(C3=CCC(C)C=C3)nc(-c3ccc(-c4ccc(C5=CCC(c6cccc(P(c7ccccc7)c7ccccc7)c6)c6ccccc65)cc4)c4ccccc34)n2)CC1. The van der Waals surface area contributed by atoms with Crippen LogP contribution in [0.5, 0.6) is 0 Å². The topological polar surface area (TPSA) is 38.7 Å². The van der Waals surface area contributed by atoms with E-state index in [1.165, 1.54) is 65.8 Å². The van der Waals surface area contributed by atoms with Gasteiger partial charge in [0.1, 0.15) is 0 Å². The van der Waals surface area contributed by atoms with Crippen LogP contribution >= 0.6 is 7.92 Å². The molecule has 0 fully saturated rings.